The Morgan fingerprint density at radius 3 is 2.69 bits per heavy atom. The van der Waals surface area contributed by atoms with Gasteiger partial charge in [0.25, 0.3) is 0 Å². The summed E-state index contributed by atoms with van der Waals surface area (Å²) in [7, 11) is 0. The van der Waals surface area contributed by atoms with Crippen molar-refractivity contribution >= 4 is 34.3 Å². The Morgan fingerprint density at radius 1 is 1.25 bits per heavy atom. The Balaban J connectivity index is 1.82. The van der Waals surface area contributed by atoms with Crippen LogP contribution in [-0.4, -0.2) is 40.1 Å². The molecular formula is C24H31N3O4S. The summed E-state index contributed by atoms with van der Waals surface area (Å²) < 4.78 is 10.8. The fraction of sp³-hybridized carbons (Fsp3) is 0.458. The Labute approximate surface area is 192 Å². The summed E-state index contributed by atoms with van der Waals surface area (Å²) in [4.78, 5) is 32.2. The Kier molecular flexibility index (Phi) is 7.56. The summed E-state index contributed by atoms with van der Waals surface area (Å²) in [5.41, 5.74) is 3.63. The maximum atomic E-state index is 13.6. The topological polar surface area (TPSA) is 84.7 Å². The fourth-order valence-corrected chi connectivity index (χ4v) is 4.00. The number of thiazole rings is 1. The van der Waals surface area contributed by atoms with Crippen LogP contribution < -0.4 is 5.32 Å². The van der Waals surface area contributed by atoms with E-state index in [9.17, 15) is 9.59 Å². The molecule has 2 heterocycles. The van der Waals surface area contributed by atoms with Crippen molar-refractivity contribution in [3.63, 3.8) is 0 Å². The summed E-state index contributed by atoms with van der Waals surface area (Å²) in [6, 6.07) is 7.03. The van der Waals surface area contributed by atoms with Crippen LogP contribution in [0, 0.1) is 5.92 Å². The van der Waals surface area contributed by atoms with E-state index in [4.69, 9.17) is 9.15 Å². The predicted octanol–water partition coefficient (Wildman–Crippen LogP) is 5.01. The fourth-order valence-electron chi connectivity index (χ4n) is 3.43. The lowest BCUT2D eigenvalue weighted by molar-refractivity contribution is -0.134. The summed E-state index contributed by atoms with van der Waals surface area (Å²) in [5, 5.41) is 5.65. The molecule has 2 amide bonds. The van der Waals surface area contributed by atoms with Gasteiger partial charge in [-0.05, 0) is 50.5 Å². The number of furan rings is 1. The third-order valence-electron chi connectivity index (χ3n) is 4.67. The van der Waals surface area contributed by atoms with Crippen LogP contribution in [0.15, 0.2) is 45.8 Å². The van der Waals surface area contributed by atoms with Crippen LogP contribution in [0.5, 0.6) is 0 Å². The van der Waals surface area contributed by atoms with E-state index in [1.807, 2.05) is 29.6 Å². The number of alkyl carbamates (subject to hydrolysis) is 1. The lowest BCUT2D eigenvalue weighted by Crippen LogP contribution is -2.51. The molecule has 0 aliphatic rings. The van der Waals surface area contributed by atoms with Gasteiger partial charge in [0.2, 0.25) is 5.91 Å². The number of ether oxygens (including phenoxy) is 1. The Bertz CT molecular complexity index is 1040. The first-order valence-electron chi connectivity index (χ1n) is 10.7. The smallest absolute Gasteiger partial charge is 0.408 e. The quantitative estimate of drug-likeness (QED) is 0.514. The molecule has 0 radical (unpaired) electrons. The van der Waals surface area contributed by atoms with Crippen molar-refractivity contribution < 1.29 is 18.7 Å². The van der Waals surface area contributed by atoms with Crippen LogP contribution in [-0.2, 0) is 22.5 Å². The van der Waals surface area contributed by atoms with Gasteiger partial charge < -0.3 is 19.4 Å². The van der Waals surface area contributed by atoms with Crippen LogP contribution >= 0.6 is 11.3 Å². The van der Waals surface area contributed by atoms with Gasteiger partial charge in [0.05, 0.1) is 17.5 Å². The minimum atomic E-state index is -0.775. The highest BCUT2D eigenvalue weighted by Crippen LogP contribution is 2.19. The maximum absolute atomic E-state index is 13.6. The number of fused-ring (bicyclic) bond motifs is 1. The zero-order valence-electron chi connectivity index (χ0n) is 19.3. The number of nitrogens with zero attached hydrogens (tertiary/aromatic N) is 2. The normalized spacial score (nSPS) is 12.7. The highest BCUT2D eigenvalue weighted by atomic mass is 32.1. The number of benzene rings is 1. The van der Waals surface area contributed by atoms with Crippen LogP contribution in [0.1, 0.15) is 45.9 Å². The van der Waals surface area contributed by atoms with Crippen molar-refractivity contribution in [2.45, 2.75) is 59.2 Å². The highest BCUT2D eigenvalue weighted by molar-refractivity contribution is 7.07. The first-order chi connectivity index (χ1) is 15.1. The van der Waals surface area contributed by atoms with E-state index in [2.05, 4.69) is 24.1 Å². The molecule has 2 aromatic heterocycles. The second-order valence-corrected chi connectivity index (χ2v) is 10.0. The molecule has 1 N–H and O–H groups in total. The Morgan fingerprint density at radius 2 is 2.03 bits per heavy atom. The summed E-state index contributed by atoms with van der Waals surface area (Å²) in [5.74, 6) is 0.0999. The number of carbonyl (C=O) groups is 2. The zero-order chi connectivity index (χ0) is 23.3. The van der Waals surface area contributed by atoms with E-state index < -0.39 is 17.7 Å². The van der Waals surface area contributed by atoms with Gasteiger partial charge in [-0.2, -0.15) is 0 Å². The molecule has 32 heavy (non-hydrogen) atoms. The number of hydrogen-bond acceptors (Lipinski definition) is 6. The third kappa shape index (κ3) is 6.82. The second-order valence-electron chi connectivity index (χ2n) is 9.29. The van der Waals surface area contributed by atoms with Crippen molar-refractivity contribution in [1.29, 1.82) is 0 Å². The second kappa shape index (κ2) is 10.2. The number of hydrogen-bond donors (Lipinski definition) is 1. The van der Waals surface area contributed by atoms with E-state index in [1.165, 1.54) is 11.3 Å². The molecule has 1 aromatic carbocycles. The minimum absolute atomic E-state index is 0.162. The monoisotopic (exact) mass is 457 g/mol. The van der Waals surface area contributed by atoms with Crippen molar-refractivity contribution in [1.82, 2.24) is 15.2 Å². The third-order valence-corrected chi connectivity index (χ3v) is 5.31. The lowest BCUT2D eigenvalue weighted by atomic mass is 10.1. The number of nitrogens with one attached hydrogen (secondary N) is 1. The van der Waals surface area contributed by atoms with Gasteiger partial charge in [-0.25, -0.2) is 9.78 Å². The molecule has 0 saturated carbocycles. The van der Waals surface area contributed by atoms with E-state index in [-0.39, 0.29) is 11.8 Å². The standard InChI is InChI=1S/C24H31N3O4S/c1-16(2)12-27(13-17-6-7-21-18(10-17)8-9-30-21)22(28)20(11-19-14-32-15-25-19)26-23(29)31-24(3,4)5/h6-10,14-16,20H,11-13H2,1-5H3,(H,26,29)/t20-/m0/s1. The van der Waals surface area contributed by atoms with Crippen LogP contribution in [0.4, 0.5) is 4.79 Å². The molecule has 0 fully saturated rings. The van der Waals surface area contributed by atoms with Crippen molar-refractivity contribution in [2.75, 3.05) is 6.54 Å². The van der Waals surface area contributed by atoms with Crippen LogP contribution in [0.25, 0.3) is 11.0 Å². The number of rotatable bonds is 8. The summed E-state index contributed by atoms with van der Waals surface area (Å²) >= 11 is 1.46. The predicted molar refractivity (Wildman–Crippen MR) is 125 cm³/mol. The number of amides is 2. The molecule has 3 rings (SSSR count). The van der Waals surface area contributed by atoms with Crippen LogP contribution in [0.2, 0.25) is 0 Å². The van der Waals surface area contributed by atoms with Gasteiger partial charge >= 0.3 is 6.09 Å². The SMILES string of the molecule is CC(C)CN(Cc1ccc2occc2c1)C(=O)[C@H](Cc1cscn1)NC(=O)OC(C)(C)C. The molecule has 3 aromatic rings. The molecule has 0 bridgehead atoms. The average molecular weight is 458 g/mol. The van der Waals surface area contributed by atoms with Crippen LogP contribution in [0.3, 0.4) is 0 Å². The Hall–Kier alpha value is -2.87. The van der Waals surface area contributed by atoms with Crippen molar-refractivity contribution in [3.8, 4) is 0 Å². The molecule has 0 spiro atoms. The molecule has 8 heteroatoms. The summed E-state index contributed by atoms with van der Waals surface area (Å²) in [6.07, 6.45) is 1.34. The van der Waals surface area contributed by atoms with Gasteiger partial charge in [-0.1, -0.05) is 19.9 Å². The minimum Gasteiger partial charge on any atom is -0.464 e. The van der Waals surface area contributed by atoms with Crippen molar-refractivity contribution in [3.05, 3.63) is 52.7 Å². The molecular weight excluding hydrogens is 426 g/mol. The molecule has 0 unspecified atom stereocenters. The van der Waals surface area contributed by atoms with E-state index in [0.717, 1.165) is 22.2 Å². The summed E-state index contributed by atoms with van der Waals surface area (Å²) in [6.45, 7) is 10.5. The van der Waals surface area contributed by atoms with Crippen molar-refractivity contribution in [2.24, 2.45) is 5.92 Å². The highest BCUT2D eigenvalue weighted by Gasteiger charge is 2.29. The average Bonchev–Trinajstić information content (AvgIpc) is 3.35. The first-order valence-corrected chi connectivity index (χ1v) is 11.7. The molecule has 0 aliphatic carbocycles. The molecule has 7 nitrogen and oxygen atoms in total. The number of carbonyl (C=O) groups excluding carboxylic acids is 2. The van der Waals surface area contributed by atoms with Gasteiger partial charge in [-0.15, -0.1) is 11.3 Å². The van der Waals surface area contributed by atoms with Gasteiger partial charge in [0.15, 0.2) is 0 Å². The zero-order valence-corrected chi connectivity index (χ0v) is 20.1. The largest absolute Gasteiger partial charge is 0.464 e. The molecule has 172 valence electrons. The van der Waals surface area contributed by atoms with E-state index >= 15 is 0 Å². The van der Waals surface area contributed by atoms with E-state index in [1.54, 1.807) is 37.4 Å². The van der Waals surface area contributed by atoms with Gasteiger partial charge in [-0.3, -0.25) is 4.79 Å². The lowest BCUT2D eigenvalue weighted by Gasteiger charge is -2.30. The molecule has 0 saturated heterocycles. The molecule has 1 atom stereocenters. The first kappa shape index (κ1) is 23.8. The maximum Gasteiger partial charge on any atom is 0.408 e. The van der Waals surface area contributed by atoms with E-state index in [0.29, 0.717) is 19.5 Å². The molecule has 0 aliphatic heterocycles. The van der Waals surface area contributed by atoms with Gasteiger partial charge in [0.1, 0.15) is 17.2 Å². The number of aromatic nitrogens is 1. The van der Waals surface area contributed by atoms with Gasteiger partial charge in [0, 0.05) is 30.3 Å².